The number of carboxylic acids is 2. The van der Waals surface area contributed by atoms with Crippen molar-refractivity contribution in [3.05, 3.63) is 41.0 Å². The monoisotopic (exact) mass is 404 g/mol. The summed E-state index contributed by atoms with van der Waals surface area (Å²) in [7, 11) is 2.91. The highest BCUT2D eigenvalue weighted by Crippen LogP contribution is 2.52. The largest absolute Gasteiger partial charge is 0.493 e. The van der Waals surface area contributed by atoms with E-state index < -0.39 is 29.6 Å². The first-order valence-corrected chi connectivity index (χ1v) is 9.14. The lowest BCUT2D eigenvalue weighted by molar-refractivity contribution is -0.147. The van der Waals surface area contributed by atoms with Crippen LogP contribution in [0, 0.1) is 0 Å². The summed E-state index contributed by atoms with van der Waals surface area (Å²) in [5.74, 6) is -1.26. The van der Waals surface area contributed by atoms with E-state index in [9.17, 15) is 24.9 Å². The van der Waals surface area contributed by atoms with Crippen LogP contribution in [-0.2, 0) is 15.0 Å². The van der Waals surface area contributed by atoms with E-state index in [0.29, 0.717) is 29.7 Å². The molecule has 2 aliphatic rings. The molecule has 1 aromatic rings. The maximum Gasteiger partial charge on any atom is 0.348 e. The van der Waals surface area contributed by atoms with Crippen LogP contribution in [0.5, 0.6) is 17.2 Å². The number of rotatable bonds is 8. The molecule has 8 heteroatoms. The van der Waals surface area contributed by atoms with Gasteiger partial charge < -0.3 is 29.5 Å². The number of aliphatic carboxylic acids is 2. The SMILES string of the molecule is COc1ccc(C2(C)C=CC(C(=O)O)=C(CO)C2)c(OC2(C(=O)O)CC2)c1OC. The minimum absolute atomic E-state index is 0.0529. The van der Waals surface area contributed by atoms with E-state index in [1.165, 1.54) is 20.3 Å². The van der Waals surface area contributed by atoms with Crippen LogP contribution in [0.2, 0.25) is 0 Å². The van der Waals surface area contributed by atoms with Crippen LogP contribution < -0.4 is 14.2 Å². The minimum atomic E-state index is -1.31. The molecule has 3 N–H and O–H groups in total. The van der Waals surface area contributed by atoms with Crippen molar-refractivity contribution in [3.8, 4) is 17.2 Å². The number of allylic oxidation sites excluding steroid dienone is 1. The van der Waals surface area contributed by atoms with Gasteiger partial charge in [-0.15, -0.1) is 0 Å². The molecule has 1 unspecified atom stereocenters. The first kappa shape index (κ1) is 20.7. The van der Waals surface area contributed by atoms with Crippen molar-refractivity contribution in [1.82, 2.24) is 0 Å². The van der Waals surface area contributed by atoms with Gasteiger partial charge in [0.2, 0.25) is 11.4 Å². The molecule has 0 saturated heterocycles. The second-order valence-electron chi connectivity index (χ2n) is 7.49. The first-order valence-electron chi connectivity index (χ1n) is 9.14. The molecule has 156 valence electrons. The molecular formula is C21H24O8. The van der Waals surface area contributed by atoms with Crippen molar-refractivity contribution in [2.75, 3.05) is 20.8 Å². The Bertz CT molecular complexity index is 910. The van der Waals surface area contributed by atoms with Gasteiger partial charge in [-0.25, -0.2) is 9.59 Å². The summed E-state index contributed by atoms with van der Waals surface area (Å²) in [6.07, 6.45) is 4.17. The number of aliphatic hydroxyl groups is 1. The molecule has 1 aromatic carbocycles. The molecule has 2 aliphatic carbocycles. The van der Waals surface area contributed by atoms with Crippen LogP contribution in [0.4, 0.5) is 0 Å². The van der Waals surface area contributed by atoms with E-state index in [-0.39, 0.29) is 23.5 Å². The van der Waals surface area contributed by atoms with Crippen LogP contribution in [0.1, 0.15) is 31.7 Å². The summed E-state index contributed by atoms with van der Waals surface area (Å²) in [5, 5.41) is 28.6. The van der Waals surface area contributed by atoms with Gasteiger partial charge in [0.1, 0.15) is 0 Å². The molecule has 3 rings (SSSR count). The van der Waals surface area contributed by atoms with Gasteiger partial charge in [-0.2, -0.15) is 0 Å². The van der Waals surface area contributed by atoms with E-state index in [2.05, 4.69) is 0 Å². The number of hydrogen-bond donors (Lipinski definition) is 3. The zero-order valence-corrected chi connectivity index (χ0v) is 16.5. The number of carbonyl (C=O) groups is 2. The zero-order chi connectivity index (χ0) is 21.4. The first-order chi connectivity index (χ1) is 13.7. The average Bonchev–Trinajstić information content (AvgIpc) is 3.47. The highest BCUT2D eigenvalue weighted by molar-refractivity contribution is 5.91. The molecule has 0 spiro atoms. The molecule has 29 heavy (non-hydrogen) atoms. The van der Waals surface area contributed by atoms with Gasteiger partial charge in [-0.1, -0.05) is 25.1 Å². The van der Waals surface area contributed by atoms with Gasteiger partial charge in [0.25, 0.3) is 0 Å². The Hall–Kier alpha value is -3.00. The third-order valence-corrected chi connectivity index (χ3v) is 5.51. The lowest BCUT2D eigenvalue weighted by Gasteiger charge is -2.34. The van der Waals surface area contributed by atoms with Crippen molar-refractivity contribution in [1.29, 1.82) is 0 Å². The highest BCUT2D eigenvalue weighted by Gasteiger charge is 2.54. The fourth-order valence-corrected chi connectivity index (χ4v) is 3.65. The van der Waals surface area contributed by atoms with Crippen LogP contribution in [0.15, 0.2) is 35.4 Å². The maximum atomic E-state index is 11.7. The fourth-order valence-electron chi connectivity index (χ4n) is 3.65. The number of ether oxygens (including phenoxy) is 3. The van der Waals surface area contributed by atoms with Gasteiger partial charge in [0.15, 0.2) is 11.5 Å². The summed E-state index contributed by atoms with van der Waals surface area (Å²) in [5.41, 5.74) is -1.01. The van der Waals surface area contributed by atoms with Crippen molar-refractivity contribution >= 4 is 11.9 Å². The third-order valence-electron chi connectivity index (χ3n) is 5.51. The topological polar surface area (TPSA) is 123 Å². The van der Waals surface area contributed by atoms with Gasteiger partial charge in [0, 0.05) is 23.8 Å². The van der Waals surface area contributed by atoms with Crippen molar-refractivity contribution in [2.24, 2.45) is 0 Å². The number of benzene rings is 1. The van der Waals surface area contributed by atoms with E-state index in [1.807, 2.05) is 6.92 Å². The molecular weight excluding hydrogens is 380 g/mol. The smallest absolute Gasteiger partial charge is 0.348 e. The summed E-state index contributed by atoms with van der Waals surface area (Å²) >= 11 is 0. The number of carboxylic acid groups (broad SMARTS) is 2. The quantitative estimate of drug-likeness (QED) is 0.603. The summed E-state index contributed by atoms with van der Waals surface area (Å²) < 4.78 is 16.8. The molecule has 1 saturated carbocycles. The molecule has 1 fully saturated rings. The maximum absolute atomic E-state index is 11.7. The molecule has 1 atom stereocenters. The minimum Gasteiger partial charge on any atom is -0.493 e. The average molecular weight is 404 g/mol. The predicted molar refractivity (Wildman–Crippen MR) is 103 cm³/mol. The Kier molecular flexibility index (Phi) is 5.32. The summed E-state index contributed by atoms with van der Waals surface area (Å²) in [6.45, 7) is 1.47. The molecule has 0 radical (unpaired) electrons. The predicted octanol–water partition coefficient (Wildman–Crippen LogP) is 2.29. The standard InChI is InChI=1S/C21H24O8/c1-20(7-6-13(18(23)24)12(10-20)11-22)14-4-5-15(27-2)17(28-3)16(14)29-21(8-9-21)19(25)26/h4-7,22H,8-11H2,1-3H3,(H,23,24)(H,25,26). The van der Waals surface area contributed by atoms with Gasteiger partial charge in [-0.3, -0.25) is 0 Å². The van der Waals surface area contributed by atoms with E-state index in [4.69, 9.17) is 14.2 Å². The molecule has 0 bridgehead atoms. The molecule has 0 aliphatic heterocycles. The third kappa shape index (κ3) is 3.55. The van der Waals surface area contributed by atoms with E-state index >= 15 is 0 Å². The lowest BCUT2D eigenvalue weighted by atomic mass is 9.72. The van der Waals surface area contributed by atoms with Crippen molar-refractivity contribution < 1.29 is 39.1 Å². The Morgan fingerprint density at radius 3 is 2.28 bits per heavy atom. The zero-order valence-electron chi connectivity index (χ0n) is 16.5. The van der Waals surface area contributed by atoms with Gasteiger partial charge in [-0.05, 0) is 18.1 Å². The number of aliphatic hydroxyl groups excluding tert-OH is 1. The normalized spacial score (nSPS) is 22.2. The van der Waals surface area contributed by atoms with Crippen molar-refractivity contribution in [3.63, 3.8) is 0 Å². The van der Waals surface area contributed by atoms with Crippen LogP contribution in [0.3, 0.4) is 0 Å². The lowest BCUT2D eigenvalue weighted by Crippen LogP contribution is -2.32. The Labute approximate surface area is 168 Å². The van der Waals surface area contributed by atoms with Gasteiger partial charge >= 0.3 is 11.9 Å². The molecule has 0 heterocycles. The number of methoxy groups -OCH3 is 2. The second kappa shape index (κ2) is 7.44. The molecule has 0 amide bonds. The fraction of sp³-hybridized carbons (Fsp3) is 0.429. The Morgan fingerprint density at radius 1 is 1.10 bits per heavy atom. The van der Waals surface area contributed by atoms with Crippen molar-refractivity contribution in [2.45, 2.75) is 37.2 Å². The summed E-state index contributed by atoms with van der Waals surface area (Å²) in [6, 6.07) is 3.44. The second-order valence-corrected chi connectivity index (χ2v) is 7.49. The Balaban J connectivity index is 2.13. The van der Waals surface area contributed by atoms with Crippen LogP contribution >= 0.6 is 0 Å². The number of hydrogen-bond acceptors (Lipinski definition) is 6. The van der Waals surface area contributed by atoms with Gasteiger partial charge in [0.05, 0.1) is 26.4 Å². The molecule has 0 aromatic heterocycles. The van der Waals surface area contributed by atoms with E-state index in [0.717, 1.165) is 0 Å². The van der Waals surface area contributed by atoms with Crippen LogP contribution in [0.25, 0.3) is 0 Å². The summed E-state index contributed by atoms with van der Waals surface area (Å²) in [4.78, 5) is 23.2. The Morgan fingerprint density at radius 2 is 1.79 bits per heavy atom. The van der Waals surface area contributed by atoms with E-state index in [1.54, 1.807) is 18.2 Å². The van der Waals surface area contributed by atoms with Crippen LogP contribution in [-0.4, -0.2) is 53.7 Å². The molecule has 8 nitrogen and oxygen atoms in total. The highest BCUT2D eigenvalue weighted by atomic mass is 16.6.